The van der Waals surface area contributed by atoms with Gasteiger partial charge >= 0.3 is 0 Å². The number of aromatic amines is 1. The number of rotatable bonds is 5. The summed E-state index contributed by atoms with van der Waals surface area (Å²) in [5.74, 6) is -0.484. The molecule has 3 rings (SSSR count). The maximum atomic E-state index is 13.3. The van der Waals surface area contributed by atoms with Crippen molar-refractivity contribution in [3.05, 3.63) is 57.9 Å². The molecular formula is C16H15FN4OS. The minimum absolute atomic E-state index is 0.224. The van der Waals surface area contributed by atoms with Crippen molar-refractivity contribution in [1.29, 1.82) is 0 Å². The molecule has 23 heavy (non-hydrogen) atoms. The number of nitrogens with zero attached hydrogens (tertiary/aromatic N) is 2. The summed E-state index contributed by atoms with van der Waals surface area (Å²) in [6, 6.07) is 6.40. The number of halogens is 1. The Kier molecular flexibility index (Phi) is 4.47. The van der Waals surface area contributed by atoms with Crippen molar-refractivity contribution < 1.29 is 9.18 Å². The van der Waals surface area contributed by atoms with E-state index in [1.54, 1.807) is 30.6 Å². The summed E-state index contributed by atoms with van der Waals surface area (Å²) >= 11 is 1.53. The molecule has 2 aromatic heterocycles. The van der Waals surface area contributed by atoms with Gasteiger partial charge in [0.15, 0.2) is 0 Å². The molecule has 2 N–H and O–H groups in total. The number of amides is 1. The van der Waals surface area contributed by atoms with E-state index in [1.165, 1.54) is 17.4 Å². The Bertz CT molecular complexity index is 813. The van der Waals surface area contributed by atoms with E-state index in [4.69, 9.17) is 0 Å². The molecule has 0 aliphatic rings. The summed E-state index contributed by atoms with van der Waals surface area (Å²) in [5.41, 5.74) is 5.02. The summed E-state index contributed by atoms with van der Waals surface area (Å²) in [4.78, 5) is 16.2. The van der Waals surface area contributed by atoms with E-state index in [0.717, 1.165) is 11.3 Å². The van der Waals surface area contributed by atoms with E-state index in [1.807, 2.05) is 5.38 Å². The number of hydrogen-bond donors (Lipinski definition) is 2. The van der Waals surface area contributed by atoms with Gasteiger partial charge in [-0.05, 0) is 36.8 Å². The highest BCUT2D eigenvalue weighted by atomic mass is 32.1. The molecular weight excluding hydrogens is 315 g/mol. The van der Waals surface area contributed by atoms with Crippen LogP contribution < -0.4 is 5.32 Å². The summed E-state index contributed by atoms with van der Waals surface area (Å²) < 4.78 is 13.3. The van der Waals surface area contributed by atoms with Gasteiger partial charge in [-0.1, -0.05) is 0 Å². The lowest BCUT2D eigenvalue weighted by atomic mass is 10.1. The summed E-state index contributed by atoms with van der Waals surface area (Å²) in [5, 5.41) is 11.6. The molecule has 0 spiro atoms. The van der Waals surface area contributed by atoms with Crippen molar-refractivity contribution in [3.63, 3.8) is 0 Å². The van der Waals surface area contributed by atoms with Crippen LogP contribution in [-0.4, -0.2) is 27.6 Å². The molecule has 118 valence electrons. The lowest BCUT2D eigenvalue weighted by molar-refractivity contribution is 0.0949. The maximum absolute atomic E-state index is 13.3. The number of aryl methyl sites for hydroxylation is 1. The quantitative estimate of drug-likeness (QED) is 0.755. The first-order chi connectivity index (χ1) is 11.1. The number of aromatic nitrogens is 3. The molecule has 1 aromatic carbocycles. The van der Waals surface area contributed by atoms with E-state index in [-0.39, 0.29) is 11.7 Å². The van der Waals surface area contributed by atoms with Crippen LogP contribution in [0.5, 0.6) is 0 Å². The van der Waals surface area contributed by atoms with Crippen LogP contribution in [-0.2, 0) is 6.42 Å². The van der Waals surface area contributed by atoms with Gasteiger partial charge < -0.3 is 5.32 Å². The molecule has 0 unspecified atom stereocenters. The van der Waals surface area contributed by atoms with Crippen LogP contribution in [0.3, 0.4) is 0 Å². The molecule has 0 bridgehead atoms. The van der Waals surface area contributed by atoms with Crippen LogP contribution in [0.1, 0.15) is 21.7 Å². The van der Waals surface area contributed by atoms with Gasteiger partial charge in [0, 0.05) is 23.9 Å². The summed E-state index contributed by atoms with van der Waals surface area (Å²) in [7, 11) is 0. The Morgan fingerprint density at radius 3 is 3.00 bits per heavy atom. The molecule has 0 radical (unpaired) electrons. The van der Waals surface area contributed by atoms with Crippen molar-refractivity contribution in [1.82, 2.24) is 20.5 Å². The second kappa shape index (κ2) is 6.70. The molecule has 2 heterocycles. The summed E-state index contributed by atoms with van der Waals surface area (Å²) in [6.07, 6.45) is 0.688. The molecule has 5 nitrogen and oxygen atoms in total. The average molecular weight is 330 g/mol. The van der Waals surface area contributed by atoms with Crippen molar-refractivity contribution in [3.8, 4) is 11.3 Å². The van der Waals surface area contributed by atoms with Crippen LogP contribution in [0.2, 0.25) is 0 Å². The molecule has 0 fully saturated rings. The molecule has 7 heteroatoms. The van der Waals surface area contributed by atoms with Crippen LogP contribution in [0.15, 0.2) is 35.2 Å². The standard InChI is InChI=1S/C16H15FN4OS/c1-10-6-11(2-3-13(10)17)14-7-15(21-20-14)16(22)18-5-4-12-8-23-9-19-12/h2-3,6-9H,4-5H2,1H3,(H,18,22)(H,20,21). The lowest BCUT2D eigenvalue weighted by Gasteiger charge is -2.01. The van der Waals surface area contributed by atoms with Gasteiger partial charge in [-0.25, -0.2) is 9.37 Å². The number of carbonyl (C=O) groups excluding carboxylic acids is 1. The monoisotopic (exact) mass is 330 g/mol. The first-order valence-corrected chi connectivity index (χ1v) is 8.05. The van der Waals surface area contributed by atoms with Crippen LogP contribution in [0, 0.1) is 12.7 Å². The number of nitrogens with one attached hydrogen (secondary N) is 2. The molecule has 0 saturated carbocycles. The molecule has 0 aliphatic heterocycles. The lowest BCUT2D eigenvalue weighted by Crippen LogP contribution is -2.26. The third-order valence-corrected chi connectivity index (χ3v) is 4.06. The van der Waals surface area contributed by atoms with Crippen molar-refractivity contribution in [2.75, 3.05) is 6.54 Å². The second-order valence-electron chi connectivity index (χ2n) is 5.12. The largest absolute Gasteiger partial charge is 0.350 e. The van der Waals surface area contributed by atoms with E-state index in [0.29, 0.717) is 29.9 Å². The highest BCUT2D eigenvalue weighted by Gasteiger charge is 2.11. The predicted molar refractivity (Wildman–Crippen MR) is 86.9 cm³/mol. The fraction of sp³-hybridized carbons (Fsp3) is 0.188. The van der Waals surface area contributed by atoms with Gasteiger partial charge in [0.2, 0.25) is 0 Å². The SMILES string of the molecule is Cc1cc(-c2cc(C(=O)NCCc3cscn3)[nH]n2)ccc1F. The van der Waals surface area contributed by atoms with Gasteiger partial charge in [-0.3, -0.25) is 9.89 Å². The van der Waals surface area contributed by atoms with Crippen LogP contribution in [0.25, 0.3) is 11.3 Å². The Balaban J connectivity index is 1.63. The number of carbonyl (C=O) groups is 1. The highest BCUT2D eigenvalue weighted by molar-refractivity contribution is 7.07. The number of thiazole rings is 1. The average Bonchev–Trinajstić information content (AvgIpc) is 3.21. The highest BCUT2D eigenvalue weighted by Crippen LogP contribution is 2.20. The summed E-state index contributed by atoms with van der Waals surface area (Å²) in [6.45, 7) is 2.20. The van der Waals surface area contributed by atoms with Gasteiger partial charge in [-0.2, -0.15) is 5.10 Å². The van der Waals surface area contributed by atoms with Crippen molar-refractivity contribution in [2.24, 2.45) is 0 Å². The molecule has 0 atom stereocenters. The molecule has 0 saturated heterocycles. The number of hydrogen-bond acceptors (Lipinski definition) is 4. The first kappa shape index (κ1) is 15.4. The zero-order chi connectivity index (χ0) is 16.2. The van der Waals surface area contributed by atoms with Crippen LogP contribution >= 0.6 is 11.3 Å². The van der Waals surface area contributed by atoms with E-state index in [9.17, 15) is 9.18 Å². The van der Waals surface area contributed by atoms with Crippen molar-refractivity contribution >= 4 is 17.2 Å². The van der Waals surface area contributed by atoms with E-state index in [2.05, 4.69) is 20.5 Å². The zero-order valence-electron chi connectivity index (χ0n) is 12.5. The maximum Gasteiger partial charge on any atom is 0.269 e. The van der Waals surface area contributed by atoms with Gasteiger partial charge in [0.25, 0.3) is 5.91 Å². The Labute approximate surface area is 136 Å². The predicted octanol–water partition coefficient (Wildman–Crippen LogP) is 2.95. The topological polar surface area (TPSA) is 70.7 Å². The minimum atomic E-state index is -0.260. The zero-order valence-corrected chi connectivity index (χ0v) is 13.3. The third kappa shape index (κ3) is 3.62. The minimum Gasteiger partial charge on any atom is -0.350 e. The third-order valence-electron chi connectivity index (χ3n) is 3.43. The van der Waals surface area contributed by atoms with Gasteiger partial charge in [-0.15, -0.1) is 11.3 Å². The molecule has 0 aliphatic carbocycles. The fourth-order valence-electron chi connectivity index (χ4n) is 2.15. The van der Waals surface area contributed by atoms with Gasteiger partial charge in [0.05, 0.1) is 16.9 Å². The van der Waals surface area contributed by atoms with E-state index < -0.39 is 0 Å². The van der Waals surface area contributed by atoms with Gasteiger partial charge in [0.1, 0.15) is 11.5 Å². The second-order valence-corrected chi connectivity index (χ2v) is 5.84. The number of benzene rings is 1. The smallest absolute Gasteiger partial charge is 0.269 e. The van der Waals surface area contributed by atoms with Crippen molar-refractivity contribution in [2.45, 2.75) is 13.3 Å². The normalized spacial score (nSPS) is 10.7. The van der Waals surface area contributed by atoms with Crippen LogP contribution in [0.4, 0.5) is 4.39 Å². The first-order valence-electron chi connectivity index (χ1n) is 7.10. The molecule has 3 aromatic rings. The van der Waals surface area contributed by atoms with E-state index >= 15 is 0 Å². The Morgan fingerprint density at radius 2 is 2.26 bits per heavy atom. The fourth-order valence-corrected chi connectivity index (χ4v) is 2.74. The number of H-pyrrole nitrogens is 1. The Morgan fingerprint density at radius 1 is 1.39 bits per heavy atom. The molecule has 1 amide bonds. The Hall–Kier alpha value is -2.54.